The average Bonchev–Trinajstić information content (AvgIpc) is 4.24. The van der Waals surface area contributed by atoms with E-state index in [1.807, 2.05) is 353 Å². The Bertz CT molecular complexity index is 2200. The Morgan fingerprint density at radius 1 is 0.174 bits per heavy atom. The van der Waals surface area contributed by atoms with Gasteiger partial charge in [-0.05, 0) is 62.6 Å². The van der Waals surface area contributed by atoms with E-state index in [1.54, 1.807) is 0 Å². The van der Waals surface area contributed by atoms with Gasteiger partial charge in [0.25, 0.3) is 0 Å². The van der Waals surface area contributed by atoms with Crippen LogP contribution in [-0.4, -0.2) is 77.8 Å². The summed E-state index contributed by atoms with van der Waals surface area (Å²) in [5.41, 5.74) is 0. The maximum absolute atomic E-state index is 2.24. The van der Waals surface area contributed by atoms with Crippen molar-refractivity contribution in [3.05, 3.63) is 102 Å². The summed E-state index contributed by atoms with van der Waals surface area (Å²) in [6.45, 7) is 0. The molecule has 0 aliphatic carbocycles. The molecule has 0 N–H and O–H groups in total. The number of rotatable bonds is 22. The SMILES string of the molecule is CSC1=C(SC)SC(=C2SC(SC)=C(SCSC3=C(SCSC4=C(SCSC5=C(SC)SC(=C6SC(SC)=C(SC)S6)S5)SC(=C5SC(SC)=C(SC)S5)S4)SC(=C4SC(SC)=C(SC)S4)S3)S2)S1. The van der Waals surface area contributed by atoms with Gasteiger partial charge in [-0.25, -0.2) is 0 Å². The van der Waals surface area contributed by atoms with Gasteiger partial charge in [0.2, 0.25) is 0 Å². The molecule has 0 bridgehead atoms. The highest BCUT2D eigenvalue weighted by atomic mass is 32.3. The molecule has 69 heavy (non-hydrogen) atoms. The molecule has 8 heterocycles. The minimum absolute atomic E-state index is 0.996. The van der Waals surface area contributed by atoms with Crippen molar-refractivity contribution < 1.29 is 0 Å². The van der Waals surface area contributed by atoms with E-state index in [0.29, 0.717) is 0 Å². The Morgan fingerprint density at radius 3 is 0.406 bits per heavy atom. The molecule has 0 amide bonds. The molecule has 0 fully saturated rings. The predicted molar refractivity (Wildman–Crippen MR) is 401 cm³/mol. The van der Waals surface area contributed by atoms with Crippen LogP contribution >= 0.6 is 376 Å². The molecule has 8 aliphatic rings. The molecule has 0 saturated carbocycles. The molecule has 8 rings (SSSR count). The summed E-state index contributed by atoms with van der Waals surface area (Å²) < 4.78 is 34.9. The Hall–Kier alpha value is 8.08. The molecule has 0 spiro atoms. The summed E-state index contributed by atoms with van der Waals surface area (Å²) in [4.78, 5) is 0. The van der Waals surface area contributed by atoms with Crippen molar-refractivity contribution in [2.75, 3.05) is 77.8 Å². The van der Waals surface area contributed by atoms with Crippen LogP contribution in [0.25, 0.3) is 0 Å². The molecule has 0 aromatic carbocycles. The maximum Gasteiger partial charge on any atom is 0.0717 e. The third kappa shape index (κ3) is 16.7. The molecule has 0 atom stereocenters. The lowest BCUT2D eigenvalue weighted by Crippen LogP contribution is -1.78. The summed E-state index contributed by atoms with van der Waals surface area (Å²) in [6.07, 6.45) is 22.2. The van der Waals surface area contributed by atoms with E-state index < -0.39 is 0 Å². The minimum atomic E-state index is 0.996. The summed E-state index contributed by atoms with van der Waals surface area (Å²) >= 11 is 63.0. The average molecular weight is 1510 g/mol. The predicted octanol–water partition coefficient (Wildman–Crippen LogP) is 26.2. The molecule has 32 heteroatoms. The van der Waals surface area contributed by atoms with Crippen LogP contribution in [0, 0.1) is 0 Å². The fourth-order valence-corrected chi connectivity index (χ4v) is 50.4. The smallest absolute Gasteiger partial charge is 0.0717 e. The first-order valence-corrected chi connectivity index (χ1v) is 49.8. The van der Waals surface area contributed by atoms with Crippen molar-refractivity contribution in [2.24, 2.45) is 0 Å². The quantitative estimate of drug-likeness (QED) is 0.0944. The highest BCUT2D eigenvalue weighted by Gasteiger charge is 2.35. The molecule has 0 aromatic rings. The molecule has 376 valence electrons. The minimum Gasteiger partial charge on any atom is -0.121 e. The number of hydrogen-bond donors (Lipinski definition) is 0. The molecule has 0 saturated heterocycles. The van der Waals surface area contributed by atoms with Gasteiger partial charge in [-0.2, -0.15) is 0 Å². The first-order chi connectivity index (χ1) is 33.7. The van der Waals surface area contributed by atoms with E-state index >= 15 is 0 Å². The van der Waals surface area contributed by atoms with Gasteiger partial charge in [-0.1, -0.05) is 188 Å². The van der Waals surface area contributed by atoms with Gasteiger partial charge in [0, 0.05) is 15.3 Å². The molecule has 0 aromatic heterocycles. The summed E-state index contributed by atoms with van der Waals surface area (Å²) in [5, 5.41) is 3.02. The van der Waals surface area contributed by atoms with Gasteiger partial charge in [0.1, 0.15) is 0 Å². The first kappa shape index (κ1) is 63.1. The maximum atomic E-state index is 2.24. The first-order valence-electron chi connectivity index (χ1n) is 18.6. The lowest BCUT2D eigenvalue weighted by molar-refractivity contribution is 2.16. The van der Waals surface area contributed by atoms with Crippen molar-refractivity contribution in [1.82, 2.24) is 0 Å². The van der Waals surface area contributed by atoms with Gasteiger partial charge in [0.15, 0.2) is 0 Å². The van der Waals surface area contributed by atoms with Crippen LogP contribution in [0.15, 0.2) is 102 Å². The van der Waals surface area contributed by atoms with E-state index in [2.05, 4.69) is 86.1 Å². The fourth-order valence-electron chi connectivity index (χ4n) is 5.04. The Kier molecular flexibility index (Phi) is 29.6. The number of hydrogen-bond acceptors (Lipinski definition) is 32. The van der Waals surface area contributed by atoms with Crippen molar-refractivity contribution in [3.63, 3.8) is 0 Å². The van der Waals surface area contributed by atoms with Crippen molar-refractivity contribution in [3.8, 4) is 0 Å². The second-order valence-corrected chi connectivity index (χ2v) is 49.5. The van der Waals surface area contributed by atoms with Crippen LogP contribution in [0.3, 0.4) is 0 Å². The van der Waals surface area contributed by atoms with Crippen LogP contribution in [0.2, 0.25) is 0 Å². The third-order valence-electron chi connectivity index (χ3n) is 7.96. The molecule has 0 unspecified atom stereocenters. The highest BCUT2D eigenvalue weighted by Crippen LogP contribution is 2.71. The summed E-state index contributed by atoms with van der Waals surface area (Å²) in [7, 11) is 0. The van der Waals surface area contributed by atoms with Crippen LogP contribution in [0.1, 0.15) is 0 Å². The third-order valence-corrected chi connectivity index (χ3v) is 53.1. The second kappa shape index (κ2) is 32.4. The Balaban J connectivity index is 0.955. The van der Waals surface area contributed by atoms with Gasteiger partial charge >= 0.3 is 0 Å². The largest absolute Gasteiger partial charge is 0.121 e. The van der Waals surface area contributed by atoms with Crippen LogP contribution < -0.4 is 0 Å². The van der Waals surface area contributed by atoms with E-state index in [1.165, 1.54) is 102 Å². The zero-order valence-electron chi connectivity index (χ0n) is 37.2. The molecule has 0 nitrogen and oxygen atoms in total. The monoisotopic (exact) mass is 1500 g/mol. The summed E-state index contributed by atoms with van der Waals surface area (Å²) in [6, 6.07) is 0. The lowest BCUT2D eigenvalue weighted by Gasteiger charge is -2.08. The number of thioether (sulfide) groups is 32. The second-order valence-electron chi connectivity index (χ2n) is 11.8. The topological polar surface area (TPSA) is 0 Å². The lowest BCUT2D eigenvalue weighted by atomic mass is 11.2. The van der Waals surface area contributed by atoms with Gasteiger partial charge in [-0.3, -0.25) is 0 Å². The van der Waals surface area contributed by atoms with Gasteiger partial charge in [0.05, 0.1) is 102 Å². The Labute approximate surface area is 545 Å². The zero-order valence-corrected chi connectivity index (χ0v) is 63.3. The van der Waals surface area contributed by atoms with Crippen molar-refractivity contribution in [1.29, 1.82) is 0 Å². The van der Waals surface area contributed by atoms with Crippen LogP contribution in [-0.2, 0) is 0 Å². The standard InChI is InChI=1S/C37H36S32/c1-38-14-15(39-2)55-30(54-14)34-62-22(46-9)24(64-34)48-11-50-26-28(68-36(66-26)32-58-18(42-5)19(43-6)59-32)52-13-53-29-27(67-37(69-29)33-60-20(44-7)21(45-8)61-33)51-12-49-25-23(47-10)63-35(65-25)31-56-16(40-3)17(41-4)57-31/h11-13H2,1-10H3. The highest BCUT2D eigenvalue weighted by molar-refractivity contribution is 8.51. The van der Waals surface area contributed by atoms with Crippen molar-refractivity contribution >= 4 is 376 Å². The molecular formula is C37H36S32. The zero-order chi connectivity index (χ0) is 48.6. The van der Waals surface area contributed by atoms with Gasteiger partial charge in [-0.15, -0.1) is 188 Å². The normalized spacial score (nSPS) is 21.8. The van der Waals surface area contributed by atoms with E-state index in [9.17, 15) is 0 Å². The van der Waals surface area contributed by atoms with Crippen molar-refractivity contribution in [2.45, 2.75) is 0 Å². The van der Waals surface area contributed by atoms with E-state index in [4.69, 9.17) is 0 Å². The Morgan fingerprint density at radius 2 is 0.275 bits per heavy atom. The molecular weight excluding hydrogens is 1470 g/mol. The van der Waals surface area contributed by atoms with Crippen LogP contribution in [0.5, 0.6) is 0 Å². The molecule has 0 radical (unpaired) electrons. The summed E-state index contributed by atoms with van der Waals surface area (Å²) in [5.74, 6) is 0. The van der Waals surface area contributed by atoms with E-state index in [0.717, 1.165) is 15.3 Å². The fraction of sp³-hybridized carbons (Fsp3) is 0.351. The van der Waals surface area contributed by atoms with Gasteiger partial charge < -0.3 is 0 Å². The van der Waals surface area contributed by atoms with Crippen LogP contribution in [0.4, 0.5) is 0 Å². The van der Waals surface area contributed by atoms with E-state index in [-0.39, 0.29) is 0 Å². The molecule has 8 aliphatic heterocycles.